The second-order valence-electron chi connectivity index (χ2n) is 6.93. The molecular weight excluding hydrogens is 423 g/mol. The van der Waals surface area contributed by atoms with Crippen molar-refractivity contribution in [2.45, 2.75) is 13.3 Å². The van der Waals surface area contributed by atoms with Gasteiger partial charge in [-0.05, 0) is 66.8 Å². The van der Waals surface area contributed by atoms with E-state index >= 15 is 0 Å². The zero-order valence-electron chi connectivity index (χ0n) is 16.1. The molecule has 4 rings (SSSR count). The number of anilines is 2. The Hall–Kier alpha value is -2.96. The summed E-state index contributed by atoms with van der Waals surface area (Å²) in [7, 11) is 0. The number of aryl methyl sites for hydroxylation is 1. The number of fused-ring (bicyclic) bond motifs is 1. The summed E-state index contributed by atoms with van der Waals surface area (Å²) in [6.07, 6.45) is 4.84. The number of carbonyl (C=O) groups excluding carboxylic acids is 2. The first kappa shape index (κ1) is 20.3. The van der Waals surface area contributed by atoms with Gasteiger partial charge in [0.25, 0.3) is 11.8 Å². The normalized spacial score (nSPS) is 13.0. The van der Waals surface area contributed by atoms with E-state index < -0.39 is 11.7 Å². The molecule has 0 radical (unpaired) electrons. The summed E-state index contributed by atoms with van der Waals surface area (Å²) in [6, 6.07) is 10.7. The molecule has 0 fully saturated rings. The van der Waals surface area contributed by atoms with Crippen LogP contribution in [0.2, 0.25) is 5.02 Å². The quantitative estimate of drug-likeness (QED) is 0.529. The molecule has 2 heterocycles. The third-order valence-corrected chi connectivity index (χ3v) is 6.08. The first-order valence-electron chi connectivity index (χ1n) is 9.37. The fraction of sp³-hybridized carbons (Fsp3) is 0.130. The molecule has 4 nitrogen and oxygen atoms in total. The number of amides is 2. The van der Waals surface area contributed by atoms with Crippen LogP contribution in [-0.4, -0.2) is 18.4 Å². The van der Waals surface area contributed by atoms with Gasteiger partial charge in [0.15, 0.2) is 0 Å². The van der Waals surface area contributed by atoms with Crippen LogP contribution in [0, 0.1) is 12.7 Å². The predicted molar refractivity (Wildman–Crippen MR) is 120 cm³/mol. The number of halogens is 2. The largest absolute Gasteiger partial charge is 0.322 e. The number of hydrogen-bond donors (Lipinski definition) is 1. The summed E-state index contributed by atoms with van der Waals surface area (Å²) < 4.78 is 13.5. The van der Waals surface area contributed by atoms with Gasteiger partial charge in [0, 0.05) is 17.8 Å². The monoisotopic (exact) mass is 440 g/mol. The van der Waals surface area contributed by atoms with E-state index in [0.29, 0.717) is 23.4 Å². The Morgan fingerprint density at radius 2 is 1.97 bits per heavy atom. The van der Waals surface area contributed by atoms with Crippen molar-refractivity contribution < 1.29 is 14.0 Å². The number of nitrogens with zero attached hydrogens (tertiary/aromatic N) is 1. The lowest BCUT2D eigenvalue weighted by Gasteiger charge is -2.22. The van der Waals surface area contributed by atoms with Crippen molar-refractivity contribution in [3.8, 4) is 0 Å². The molecule has 1 aliphatic rings. The van der Waals surface area contributed by atoms with Crippen molar-refractivity contribution in [2.24, 2.45) is 0 Å². The van der Waals surface area contributed by atoms with Crippen LogP contribution in [0.25, 0.3) is 6.08 Å². The van der Waals surface area contributed by atoms with Gasteiger partial charge in [-0.25, -0.2) is 4.39 Å². The highest BCUT2D eigenvalue weighted by molar-refractivity contribution is 7.11. The Morgan fingerprint density at radius 3 is 2.77 bits per heavy atom. The fourth-order valence-electron chi connectivity index (χ4n) is 3.34. The number of carbonyl (C=O) groups is 2. The van der Waals surface area contributed by atoms with E-state index in [0.717, 1.165) is 17.0 Å². The van der Waals surface area contributed by atoms with Gasteiger partial charge in [-0.15, -0.1) is 11.3 Å². The number of hydrogen-bond acceptors (Lipinski definition) is 3. The summed E-state index contributed by atoms with van der Waals surface area (Å²) in [4.78, 5) is 28.4. The zero-order chi connectivity index (χ0) is 21.3. The molecule has 0 atom stereocenters. The van der Waals surface area contributed by atoms with Crippen LogP contribution >= 0.6 is 22.9 Å². The zero-order valence-corrected chi connectivity index (χ0v) is 17.7. The van der Waals surface area contributed by atoms with Crippen molar-refractivity contribution >= 4 is 52.2 Å². The lowest BCUT2D eigenvalue weighted by molar-refractivity contribution is 0.0986. The summed E-state index contributed by atoms with van der Waals surface area (Å²) in [5.74, 6) is -1.12. The molecule has 0 saturated heterocycles. The minimum absolute atomic E-state index is 0.192. The highest BCUT2D eigenvalue weighted by atomic mass is 35.5. The maximum absolute atomic E-state index is 13.5. The van der Waals surface area contributed by atoms with Crippen molar-refractivity contribution in [3.05, 3.63) is 86.3 Å². The molecule has 3 aromatic rings. The van der Waals surface area contributed by atoms with Gasteiger partial charge in [-0.3, -0.25) is 9.59 Å². The third-order valence-electron chi connectivity index (χ3n) is 4.90. The van der Waals surface area contributed by atoms with Crippen molar-refractivity contribution in [3.63, 3.8) is 0 Å². The molecule has 152 valence electrons. The summed E-state index contributed by atoms with van der Waals surface area (Å²) >= 11 is 7.98. The maximum Gasteiger partial charge on any atom is 0.259 e. The molecule has 2 amide bonds. The summed E-state index contributed by atoms with van der Waals surface area (Å²) in [5.41, 5.74) is 2.56. The van der Waals surface area contributed by atoms with Crippen LogP contribution in [0.4, 0.5) is 15.8 Å². The number of benzene rings is 2. The highest BCUT2D eigenvalue weighted by Gasteiger charge is 2.23. The Balaban J connectivity index is 1.56. The minimum atomic E-state index is -0.482. The Morgan fingerprint density at radius 1 is 1.13 bits per heavy atom. The first-order chi connectivity index (χ1) is 14.4. The van der Waals surface area contributed by atoms with E-state index in [1.165, 1.54) is 18.2 Å². The SMILES string of the molecule is Cc1ccc(F)cc1C(=O)Nc1ccc(C(=O)N2CCC=Cc3sccc32)c(Cl)c1. The van der Waals surface area contributed by atoms with Crippen molar-refractivity contribution in [1.29, 1.82) is 0 Å². The molecule has 0 unspecified atom stereocenters. The molecule has 2 aromatic carbocycles. The van der Waals surface area contributed by atoms with Gasteiger partial charge in [-0.2, -0.15) is 0 Å². The second kappa shape index (κ2) is 8.42. The van der Waals surface area contributed by atoms with Gasteiger partial charge in [0.2, 0.25) is 0 Å². The Labute approximate surface area is 182 Å². The molecule has 1 aromatic heterocycles. The molecule has 30 heavy (non-hydrogen) atoms. The number of thiophene rings is 1. The molecule has 0 bridgehead atoms. The van der Waals surface area contributed by atoms with E-state index in [1.807, 2.05) is 17.5 Å². The fourth-order valence-corrected chi connectivity index (χ4v) is 4.42. The standard InChI is InChI=1S/C23H18ClFN2O2S/c1-14-5-6-15(25)12-18(14)22(28)26-16-7-8-17(19(24)13-16)23(29)27-10-3-2-4-21-20(27)9-11-30-21/h2,4-9,11-13H,3,10H2,1H3,(H,26,28). The summed E-state index contributed by atoms with van der Waals surface area (Å²) in [6.45, 7) is 2.30. The smallest absolute Gasteiger partial charge is 0.259 e. The highest BCUT2D eigenvalue weighted by Crippen LogP contribution is 2.32. The van der Waals surface area contributed by atoms with Crippen molar-refractivity contribution in [2.75, 3.05) is 16.8 Å². The molecule has 0 spiro atoms. The van der Waals surface area contributed by atoms with Crippen LogP contribution in [-0.2, 0) is 0 Å². The maximum atomic E-state index is 13.5. The van der Waals surface area contributed by atoms with Gasteiger partial charge >= 0.3 is 0 Å². The van der Waals surface area contributed by atoms with Crippen molar-refractivity contribution in [1.82, 2.24) is 0 Å². The van der Waals surface area contributed by atoms with Gasteiger partial charge in [0.05, 0.1) is 21.2 Å². The topological polar surface area (TPSA) is 49.4 Å². The van der Waals surface area contributed by atoms with Crippen LogP contribution in [0.1, 0.15) is 37.6 Å². The van der Waals surface area contributed by atoms with Crippen LogP contribution in [0.3, 0.4) is 0 Å². The molecule has 0 aliphatic carbocycles. The second-order valence-corrected chi connectivity index (χ2v) is 8.28. The number of nitrogens with one attached hydrogen (secondary N) is 1. The lowest BCUT2D eigenvalue weighted by Crippen LogP contribution is -2.31. The van der Waals surface area contributed by atoms with Gasteiger partial charge in [-0.1, -0.05) is 23.7 Å². The molecule has 1 aliphatic heterocycles. The minimum Gasteiger partial charge on any atom is -0.322 e. The first-order valence-corrected chi connectivity index (χ1v) is 10.6. The van der Waals surface area contributed by atoms with Crippen LogP contribution < -0.4 is 10.2 Å². The third kappa shape index (κ3) is 4.01. The Bertz CT molecular complexity index is 1170. The van der Waals surface area contributed by atoms with E-state index in [1.54, 1.807) is 41.4 Å². The van der Waals surface area contributed by atoms with E-state index in [4.69, 9.17) is 11.6 Å². The predicted octanol–water partition coefficient (Wildman–Crippen LogP) is 6.17. The van der Waals surface area contributed by atoms with Gasteiger partial charge in [0.1, 0.15) is 5.82 Å². The average molecular weight is 441 g/mol. The lowest BCUT2D eigenvalue weighted by atomic mass is 10.1. The van der Waals surface area contributed by atoms with E-state index in [9.17, 15) is 14.0 Å². The molecule has 0 saturated carbocycles. The van der Waals surface area contributed by atoms with Crippen LogP contribution in [0.5, 0.6) is 0 Å². The molecule has 7 heteroatoms. The molecule has 1 N–H and O–H groups in total. The Kier molecular flexibility index (Phi) is 5.70. The van der Waals surface area contributed by atoms with E-state index in [-0.39, 0.29) is 16.5 Å². The summed E-state index contributed by atoms with van der Waals surface area (Å²) in [5, 5.41) is 4.90. The van der Waals surface area contributed by atoms with Gasteiger partial charge < -0.3 is 10.2 Å². The average Bonchev–Trinajstić information content (AvgIpc) is 3.08. The number of rotatable bonds is 3. The van der Waals surface area contributed by atoms with Crippen LogP contribution in [0.15, 0.2) is 53.9 Å². The van der Waals surface area contributed by atoms with E-state index in [2.05, 4.69) is 11.4 Å². The molecular formula is C23H18ClFN2O2S.